The Kier molecular flexibility index (Phi) is 5.10. The fraction of sp³-hybridized carbons (Fsp3) is 0.333. The van der Waals surface area contributed by atoms with Crippen LogP contribution in [0.3, 0.4) is 0 Å². The van der Waals surface area contributed by atoms with E-state index in [9.17, 15) is 14.0 Å². The number of esters is 1. The van der Waals surface area contributed by atoms with E-state index in [1.165, 1.54) is 36.2 Å². The van der Waals surface area contributed by atoms with Gasteiger partial charge in [-0.1, -0.05) is 0 Å². The first-order valence-corrected chi connectivity index (χ1v) is 5.47. The lowest BCUT2D eigenvalue weighted by molar-refractivity contribution is -0.141. The molecule has 5 nitrogen and oxygen atoms in total. The number of nitrogens with one attached hydrogen (secondary N) is 1. The first-order chi connectivity index (χ1) is 8.54. The van der Waals surface area contributed by atoms with Gasteiger partial charge in [0.1, 0.15) is 12.4 Å². The predicted molar refractivity (Wildman–Crippen MR) is 64.8 cm³/mol. The van der Waals surface area contributed by atoms with Gasteiger partial charge >= 0.3 is 12.0 Å². The molecule has 0 radical (unpaired) electrons. The molecule has 0 aromatic heterocycles. The van der Waals surface area contributed by atoms with Crippen LogP contribution < -0.4 is 10.2 Å². The third kappa shape index (κ3) is 4.04. The number of halogens is 1. The minimum Gasteiger partial charge on any atom is -0.465 e. The lowest BCUT2D eigenvalue weighted by Gasteiger charge is -2.17. The fourth-order valence-electron chi connectivity index (χ4n) is 1.26. The number of hydrogen-bond donors (Lipinski definition) is 1. The summed E-state index contributed by atoms with van der Waals surface area (Å²) in [5.74, 6) is -0.877. The number of carbonyl (C=O) groups is 2. The molecule has 0 aliphatic carbocycles. The number of benzene rings is 1. The molecule has 0 saturated heterocycles. The fourth-order valence-corrected chi connectivity index (χ4v) is 1.26. The van der Waals surface area contributed by atoms with Crippen molar-refractivity contribution in [1.29, 1.82) is 0 Å². The lowest BCUT2D eigenvalue weighted by atomic mass is 10.3. The smallest absolute Gasteiger partial charge is 0.325 e. The van der Waals surface area contributed by atoms with Crippen molar-refractivity contribution in [3.05, 3.63) is 30.1 Å². The van der Waals surface area contributed by atoms with Gasteiger partial charge in [-0.15, -0.1) is 0 Å². The van der Waals surface area contributed by atoms with Crippen molar-refractivity contribution >= 4 is 17.7 Å². The molecule has 0 atom stereocenters. The van der Waals surface area contributed by atoms with Gasteiger partial charge in [0, 0.05) is 12.7 Å². The first kappa shape index (κ1) is 14.0. The van der Waals surface area contributed by atoms with Gasteiger partial charge in [-0.25, -0.2) is 9.18 Å². The topological polar surface area (TPSA) is 58.6 Å². The van der Waals surface area contributed by atoms with Gasteiger partial charge in [-0.2, -0.15) is 0 Å². The first-order valence-electron chi connectivity index (χ1n) is 5.47. The van der Waals surface area contributed by atoms with Crippen LogP contribution in [0.25, 0.3) is 0 Å². The Hall–Kier alpha value is -2.11. The number of urea groups is 1. The molecular weight excluding hydrogens is 239 g/mol. The van der Waals surface area contributed by atoms with Crippen LogP contribution in [0, 0.1) is 5.82 Å². The van der Waals surface area contributed by atoms with E-state index in [0.717, 1.165) is 0 Å². The van der Waals surface area contributed by atoms with E-state index in [1.54, 1.807) is 6.92 Å². The average Bonchev–Trinajstić information content (AvgIpc) is 2.36. The molecule has 0 aliphatic rings. The monoisotopic (exact) mass is 254 g/mol. The second kappa shape index (κ2) is 6.58. The predicted octanol–water partition coefficient (Wildman–Crippen LogP) is 1.53. The lowest BCUT2D eigenvalue weighted by Crippen LogP contribution is -2.40. The summed E-state index contributed by atoms with van der Waals surface area (Å²) in [5.41, 5.74) is 0.526. The third-order valence-electron chi connectivity index (χ3n) is 2.21. The van der Waals surface area contributed by atoms with Crippen molar-refractivity contribution in [2.45, 2.75) is 6.92 Å². The maximum atomic E-state index is 12.7. The highest BCUT2D eigenvalue weighted by Gasteiger charge is 2.12. The summed E-state index contributed by atoms with van der Waals surface area (Å²) in [5, 5.41) is 2.40. The molecule has 0 unspecified atom stereocenters. The van der Waals surface area contributed by atoms with Gasteiger partial charge < -0.3 is 10.1 Å². The zero-order chi connectivity index (χ0) is 13.5. The Morgan fingerprint density at radius 3 is 2.50 bits per heavy atom. The number of anilines is 1. The quantitative estimate of drug-likeness (QED) is 0.829. The van der Waals surface area contributed by atoms with E-state index in [-0.39, 0.29) is 19.0 Å². The Morgan fingerprint density at radius 2 is 1.94 bits per heavy atom. The summed E-state index contributed by atoms with van der Waals surface area (Å²) in [6.45, 7) is 1.76. The summed E-state index contributed by atoms with van der Waals surface area (Å²) >= 11 is 0. The molecule has 2 amide bonds. The maximum absolute atomic E-state index is 12.7. The maximum Gasteiger partial charge on any atom is 0.325 e. The van der Waals surface area contributed by atoms with Gasteiger partial charge in [0.05, 0.1) is 6.61 Å². The second-order valence-electron chi connectivity index (χ2n) is 3.50. The highest BCUT2D eigenvalue weighted by molar-refractivity contribution is 5.93. The Morgan fingerprint density at radius 1 is 1.33 bits per heavy atom. The SMILES string of the molecule is CCOC(=O)CNC(=O)N(C)c1ccc(F)cc1. The number of rotatable bonds is 4. The van der Waals surface area contributed by atoms with E-state index in [1.807, 2.05) is 0 Å². The normalized spacial score (nSPS) is 9.72. The molecule has 0 heterocycles. The zero-order valence-electron chi connectivity index (χ0n) is 10.3. The summed E-state index contributed by atoms with van der Waals surface area (Å²) in [6, 6.07) is 4.99. The standard InChI is InChI=1S/C12H15FN2O3/c1-3-18-11(16)8-14-12(17)15(2)10-6-4-9(13)5-7-10/h4-7H,3,8H2,1-2H3,(H,14,17). The van der Waals surface area contributed by atoms with E-state index in [0.29, 0.717) is 5.69 Å². The molecule has 0 aliphatic heterocycles. The Balaban J connectivity index is 2.51. The van der Waals surface area contributed by atoms with E-state index >= 15 is 0 Å². The van der Waals surface area contributed by atoms with Crippen LogP contribution >= 0.6 is 0 Å². The van der Waals surface area contributed by atoms with Crippen molar-refractivity contribution in [3.8, 4) is 0 Å². The van der Waals surface area contributed by atoms with Crippen LogP contribution in [0.1, 0.15) is 6.92 Å². The van der Waals surface area contributed by atoms with Gasteiger partial charge in [0.15, 0.2) is 0 Å². The van der Waals surface area contributed by atoms with Crippen LogP contribution in [0.5, 0.6) is 0 Å². The number of ether oxygens (including phenoxy) is 1. The van der Waals surface area contributed by atoms with Gasteiger partial charge in [-0.05, 0) is 31.2 Å². The molecule has 98 valence electrons. The average molecular weight is 254 g/mol. The van der Waals surface area contributed by atoms with Gasteiger partial charge in [-0.3, -0.25) is 9.69 Å². The largest absolute Gasteiger partial charge is 0.465 e. The molecule has 0 bridgehead atoms. The van der Waals surface area contributed by atoms with Crippen molar-refractivity contribution in [1.82, 2.24) is 5.32 Å². The van der Waals surface area contributed by atoms with Crippen molar-refractivity contribution in [3.63, 3.8) is 0 Å². The number of nitrogens with zero attached hydrogens (tertiary/aromatic N) is 1. The summed E-state index contributed by atoms with van der Waals surface area (Å²) in [4.78, 5) is 24.0. The second-order valence-corrected chi connectivity index (χ2v) is 3.50. The third-order valence-corrected chi connectivity index (χ3v) is 2.21. The van der Waals surface area contributed by atoms with E-state index < -0.39 is 12.0 Å². The molecule has 0 saturated carbocycles. The molecule has 0 fully saturated rings. The molecular formula is C12H15FN2O3. The minimum atomic E-state index is -0.502. The summed E-state index contributed by atoms with van der Waals surface area (Å²) < 4.78 is 17.4. The van der Waals surface area contributed by atoms with Crippen molar-refractivity contribution in [2.75, 3.05) is 25.1 Å². The summed E-state index contributed by atoms with van der Waals surface area (Å²) in [6.07, 6.45) is 0. The van der Waals surface area contributed by atoms with E-state index in [2.05, 4.69) is 10.1 Å². The Bertz CT molecular complexity index is 420. The van der Waals surface area contributed by atoms with Crippen molar-refractivity contribution in [2.24, 2.45) is 0 Å². The zero-order valence-corrected chi connectivity index (χ0v) is 10.3. The minimum absolute atomic E-state index is 0.196. The van der Waals surface area contributed by atoms with Crippen LogP contribution in [0.15, 0.2) is 24.3 Å². The Labute approximate surface area is 105 Å². The van der Waals surface area contributed by atoms with Crippen molar-refractivity contribution < 1.29 is 18.7 Å². The van der Waals surface area contributed by atoms with Gasteiger partial charge in [0.25, 0.3) is 0 Å². The van der Waals surface area contributed by atoms with Crippen LogP contribution in [0.2, 0.25) is 0 Å². The molecule has 18 heavy (non-hydrogen) atoms. The van der Waals surface area contributed by atoms with Crippen LogP contribution in [-0.2, 0) is 9.53 Å². The molecule has 6 heteroatoms. The molecule has 0 spiro atoms. The highest BCUT2D eigenvalue weighted by Crippen LogP contribution is 2.12. The molecule has 1 N–H and O–H groups in total. The molecule has 1 aromatic carbocycles. The number of amides is 2. The highest BCUT2D eigenvalue weighted by atomic mass is 19.1. The van der Waals surface area contributed by atoms with Crippen LogP contribution in [-0.4, -0.2) is 32.2 Å². The molecule has 1 rings (SSSR count). The molecule has 1 aromatic rings. The van der Waals surface area contributed by atoms with Gasteiger partial charge in [0.2, 0.25) is 0 Å². The van der Waals surface area contributed by atoms with Crippen LogP contribution in [0.4, 0.5) is 14.9 Å². The van der Waals surface area contributed by atoms with E-state index in [4.69, 9.17) is 0 Å². The summed E-state index contributed by atoms with van der Waals surface area (Å²) in [7, 11) is 1.52. The number of hydrogen-bond acceptors (Lipinski definition) is 3. The number of carbonyl (C=O) groups excluding carboxylic acids is 2.